The number of amides is 1. The molecule has 118 valence electrons. The summed E-state index contributed by atoms with van der Waals surface area (Å²) in [6, 6.07) is 0.515. The van der Waals surface area contributed by atoms with Gasteiger partial charge in [-0.2, -0.15) is 0 Å². The molecule has 1 N–H and O–H groups in total. The van der Waals surface area contributed by atoms with E-state index in [1.807, 2.05) is 6.92 Å². The summed E-state index contributed by atoms with van der Waals surface area (Å²) in [7, 11) is 0. The van der Waals surface area contributed by atoms with E-state index in [4.69, 9.17) is 11.6 Å². The lowest BCUT2D eigenvalue weighted by Gasteiger charge is -2.34. The van der Waals surface area contributed by atoms with Crippen LogP contribution >= 0.6 is 22.9 Å². The molecule has 0 bridgehead atoms. The Bertz CT molecular complexity index is 470. The second-order valence-corrected chi connectivity index (χ2v) is 7.62. The number of thiazole rings is 1. The topological polar surface area (TPSA) is 45.2 Å². The maximum atomic E-state index is 12.2. The standard InChI is InChI=1S/C15H24ClN3OS/c1-10(2)19-8-4-5-12(9-19)15(20)17-7-6-13-18-11(3)14(16)21-13/h10,12H,4-9H2,1-3H3,(H,17,20)/t12-/m1/s1. The van der Waals surface area contributed by atoms with Gasteiger partial charge in [0.1, 0.15) is 4.34 Å². The zero-order chi connectivity index (χ0) is 15.4. The highest BCUT2D eigenvalue weighted by molar-refractivity contribution is 7.16. The van der Waals surface area contributed by atoms with Crippen LogP contribution in [0.3, 0.4) is 0 Å². The molecule has 1 aliphatic heterocycles. The minimum atomic E-state index is 0.128. The van der Waals surface area contributed by atoms with Crippen molar-refractivity contribution >= 4 is 28.8 Å². The second-order valence-electron chi connectivity index (χ2n) is 5.94. The fourth-order valence-electron chi connectivity index (χ4n) is 2.66. The van der Waals surface area contributed by atoms with Crippen LogP contribution in [-0.2, 0) is 11.2 Å². The van der Waals surface area contributed by atoms with Crippen LogP contribution in [0.25, 0.3) is 0 Å². The minimum absolute atomic E-state index is 0.128. The molecular formula is C15H24ClN3OS. The number of nitrogens with zero attached hydrogens (tertiary/aromatic N) is 2. The number of nitrogens with one attached hydrogen (secondary N) is 1. The van der Waals surface area contributed by atoms with E-state index in [0.29, 0.717) is 12.6 Å². The Morgan fingerprint density at radius 3 is 2.95 bits per heavy atom. The molecule has 1 aliphatic rings. The van der Waals surface area contributed by atoms with Gasteiger partial charge < -0.3 is 10.2 Å². The lowest BCUT2D eigenvalue weighted by molar-refractivity contribution is -0.126. The molecule has 1 aromatic rings. The summed E-state index contributed by atoms with van der Waals surface area (Å²) in [6.45, 7) is 8.91. The Kier molecular flexibility index (Phi) is 6.02. The summed E-state index contributed by atoms with van der Waals surface area (Å²) < 4.78 is 0.746. The normalized spacial score (nSPS) is 20.0. The number of piperidine rings is 1. The summed E-state index contributed by atoms with van der Waals surface area (Å²) >= 11 is 7.50. The fourth-order valence-corrected chi connectivity index (χ4v) is 3.76. The van der Waals surface area contributed by atoms with Crippen LogP contribution in [-0.4, -0.2) is 41.5 Å². The quantitative estimate of drug-likeness (QED) is 0.903. The number of aryl methyl sites for hydroxylation is 1. The maximum absolute atomic E-state index is 12.2. The van der Waals surface area contributed by atoms with E-state index >= 15 is 0 Å². The predicted octanol–water partition coefficient (Wildman–Crippen LogP) is 2.88. The highest BCUT2D eigenvalue weighted by Crippen LogP contribution is 2.23. The number of rotatable bonds is 5. The molecule has 0 spiro atoms. The largest absolute Gasteiger partial charge is 0.355 e. The first-order valence-corrected chi connectivity index (χ1v) is 8.80. The van der Waals surface area contributed by atoms with Gasteiger partial charge in [0, 0.05) is 25.6 Å². The summed E-state index contributed by atoms with van der Waals surface area (Å²) in [5.41, 5.74) is 0.878. The average molecular weight is 330 g/mol. The lowest BCUT2D eigenvalue weighted by Crippen LogP contribution is -2.45. The zero-order valence-electron chi connectivity index (χ0n) is 13.0. The van der Waals surface area contributed by atoms with E-state index in [0.717, 1.165) is 47.4 Å². The van der Waals surface area contributed by atoms with Gasteiger partial charge in [0.05, 0.1) is 16.6 Å². The number of hydrogen-bond donors (Lipinski definition) is 1. The number of carbonyl (C=O) groups excluding carboxylic acids is 1. The molecule has 1 amide bonds. The molecule has 0 aliphatic carbocycles. The number of carbonyl (C=O) groups is 1. The number of halogens is 1. The predicted molar refractivity (Wildman–Crippen MR) is 88.0 cm³/mol. The van der Waals surface area contributed by atoms with Gasteiger partial charge in [-0.15, -0.1) is 11.3 Å². The van der Waals surface area contributed by atoms with Crippen molar-refractivity contribution in [2.45, 2.75) is 46.1 Å². The average Bonchev–Trinajstić information content (AvgIpc) is 2.77. The fraction of sp³-hybridized carbons (Fsp3) is 0.733. The van der Waals surface area contributed by atoms with Gasteiger partial charge in [-0.3, -0.25) is 4.79 Å². The Morgan fingerprint density at radius 1 is 1.57 bits per heavy atom. The van der Waals surface area contributed by atoms with E-state index in [2.05, 4.69) is 29.0 Å². The Hall–Kier alpha value is -0.650. The van der Waals surface area contributed by atoms with E-state index in [1.165, 1.54) is 11.3 Å². The molecule has 4 nitrogen and oxygen atoms in total. The summed E-state index contributed by atoms with van der Waals surface area (Å²) in [5.74, 6) is 0.308. The first-order valence-electron chi connectivity index (χ1n) is 7.61. The molecule has 1 saturated heterocycles. The molecule has 1 aromatic heterocycles. The Labute approximate surface area is 135 Å². The number of hydrogen-bond acceptors (Lipinski definition) is 4. The van der Waals surface area contributed by atoms with Gasteiger partial charge in [0.25, 0.3) is 0 Å². The highest BCUT2D eigenvalue weighted by Gasteiger charge is 2.26. The van der Waals surface area contributed by atoms with E-state index in [-0.39, 0.29) is 11.8 Å². The smallest absolute Gasteiger partial charge is 0.224 e. The SMILES string of the molecule is Cc1nc(CCNC(=O)[C@@H]2CCCN(C(C)C)C2)sc1Cl. The molecule has 21 heavy (non-hydrogen) atoms. The third-order valence-corrected chi connectivity index (χ3v) is 5.49. The maximum Gasteiger partial charge on any atom is 0.224 e. The van der Waals surface area contributed by atoms with Gasteiger partial charge in [0.2, 0.25) is 5.91 Å². The van der Waals surface area contributed by atoms with Gasteiger partial charge in [-0.05, 0) is 40.2 Å². The van der Waals surface area contributed by atoms with Crippen molar-refractivity contribution in [2.75, 3.05) is 19.6 Å². The van der Waals surface area contributed by atoms with Crippen molar-refractivity contribution in [2.24, 2.45) is 5.92 Å². The van der Waals surface area contributed by atoms with Crippen LogP contribution in [0.4, 0.5) is 0 Å². The molecule has 2 rings (SSSR count). The first-order chi connectivity index (χ1) is 9.97. The third kappa shape index (κ3) is 4.66. The molecule has 6 heteroatoms. The summed E-state index contributed by atoms with van der Waals surface area (Å²) in [6.07, 6.45) is 2.86. The summed E-state index contributed by atoms with van der Waals surface area (Å²) in [5, 5.41) is 4.04. The van der Waals surface area contributed by atoms with Crippen LogP contribution in [0.1, 0.15) is 37.4 Å². The number of likely N-dealkylation sites (tertiary alicyclic amines) is 1. The molecule has 1 fully saturated rings. The van der Waals surface area contributed by atoms with Crippen LogP contribution in [0.5, 0.6) is 0 Å². The first kappa shape index (κ1) is 16.7. The van der Waals surface area contributed by atoms with E-state index in [9.17, 15) is 4.79 Å². The molecule has 0 aromatic carbocycles. The van der Waals surface area contributed by atoms with Crippen LogP contribution < -0.4 is 5.32 Å². The molecule has 0 saturated carbocycles. The third-order valence-electron chi connectivity index (χ3n) is 3.98. The van der Waals surface area contributed by atoms with Crippen LogP contribution in [0.15, 0.2) is 0 Å². The van der Waals surface area contributed by atoms with Crippen molar-refractivity contribution in [3.05, 3.63) is 15.0 Å². The minimum Gasteiger partial charge on any atom is -0.355 e. The lowest BCUT2D eigenvalue weighted by atomic mass is 9.96. The Balaban J connectivity index is 1.76. The van der Waals surface area contributed by atoms with E-state index in [1.54, 1.807) is 0 Å². The van der Waals surface area contributed by atoms with Gasteiger partial charge >= 0.3 is 0 Å². The number of aromatic nitrogens is 1. The molecule has 0 unspecified atom stereocenters. The molecule has 0 radical (unpaired) electrons. The van der Waals surface area contributed by atoms with Gasteiger partial charge in [-0.25, -0.2) is 4.98 Å². The molecule has 1 atom stereocenters. The van der Waals surface area contributed by atoms with Crippen molar-refractivity contribution in [3.63, 3.8) is 0 Å². The Morgan fingerprint density at radius 2 is 2.33 bits per heavy atom. The van der Waals surface area contributed by atoms with Crippen molar-refractivity contribution < 1.29 is 4.79 Å². The molecule has 2 heterocycles. The van der Waals surface area contributed by atoms with Crippen LogP contribution in [0, 0.1) is 12.8 Å². The van der Waals surface area contributed by atoms with Crippen molar-refractivity contribution in [3.8, 4) is 0 Å². The van der Waals surface area contributed by atoms with E-state index < -0.39 is 0 Å². The van der Waals surface area contributed by atoms with Crippen molar-refractivity contribution in [1.82, 2.24) is 15.2 Å². The van der Waals surface area contributed by atoms with Gasteiger partial charge in [-0.1, -0.05) is 11.6 Å². The van der Waals surface area contributed by atoms with Crippen LogP contribution in [0.2, 0.25) is 4.34 Å². The van der Waals surface area contributed by atoms with Crippen molar-refractivity contribution in [1.29, 1.82) is 0 Å². The zero-order valence-corrected chi connectivity index (χ0v) is 14.6. The highest BCUT2D eigenvalue weighted by atomic mass is 35.5. The van der Waals surface area contributed by atoms with Gasteiger partial charge in [0.15, 0.2) is 0 Å². The second kappa shape index (κ2) is 7.56. The summed E-state index contributed by atoms with van der Waals surface area (Å²) in [4.78, 5) is 19.0. The monoisotopic (exact) mass is 329 g/mol. The molecular weight excluding hydrogens is 306 g/mol.